The highest BCUT2D eigenvalue weighted by Gasteiger charge is 2.28. The third-order valence-corrected chi connectivity index (χ3v) is 4.26. The number of aromatic nitrogens is 1. The summed E-state index contributed by atoms with van der Waals surface area (Å²) in [7, 11) is 0. The van der Waals surface area contributed by atoms with Crippen molar-refractivity contribution in [3.8, 4) is 23.4 Å². The molecule has 0 aliphatic heterocycles. The van der Waals surface area contributed by atoms with E-state index in [0.717, 1.165) is 22.4 Å². The van der Waals surface area contributed by atoms with Crippen molar-refractivity contribution >= 4 is 11.1 Å². The van der Waals surface area contributed by atoms with Gasteiger partial charge in [0.05, 0.1) is 22.9 Å². The Morgan fingerprint density at radius 2 is 1.68 bits per heavy atom. The molecule has 0 fully saturated rings. The normalized spacial score (nSPS) is 13.4. The molecule has 1 aliphatic carbocycles. The summed E-state index contributed by atoms with van der Waals surface area (Å²) in [5.41, 5.74) is 4.61. The van der Waals surface area contributed by atoms with E-state index in [-0.39, 0.29) is 11.1 Å². The zero-order valence-electron chi connectivity index (χ0n) is 13.0. The number of halogens is 1. The van der Waals surface area contributed by atoms with Gasteiger partial charge in [0.15, 0.2) is 0 Å². The topological polar surface area (TPSA) is 60.5 Å². The third-order valence-electron chi connectivity index (χ3n) is 4.26. The fourth-order valence-corrected chi connectivity index (χ4v) is 3.18. The molecular formula is C21H10FN3. The maximum atomic E-state index is 14.4. The molecule has 0 saturated heterocycles. The van der Waals surface area contributed by atoms with Crippen LogP contribution in [0.15, 0.2) is 60.8 Å². The van der Waals surface area contributed by atoms with Crippen molar-refractivity contribution in [1.82, 2.24) is 4.98 Å². The van der Waals surface area contributed by atoms with Crippen molar-refractivity contribution in [2.75, 3.05) is 0 Å². The molecule has 4 heteroatoms. The van der Waals surface area contributed by atoms with E-state index in [0.29, 0.717) is 11.1 Å². The van der Waals surface area contributed by atoms with Gasteiger partial charge in [-0.15, -0.1) is 0 Å². The van der Waals surface area contributed by atoms with Gasteiger partial charge in [0.1, 0.15) is 11.9 Å². The first-order valence-electron chi connectivity index (χ1n) is 7.64. The van der Waals surface area contributed by atoms with Gasteiger partial charge in [0, 0.05) is 28.5 Å². The lowest BCUT2D eigenvalue weighted by Crippen LogP contribution is -1.95. The molecule has 0 N–H and O–H groups in total. The van der Waals surface area contributed by atoms with Gasteiger partial charge < -0.3 is 0 Å². The molecule has 1 aromatic heterocycles. The fraction of sp³-hybridized carbons (Fsp3) is 0. The smallest absolute Gasteiger partial charge is 0.131 e. The van der Waals surface area contributed by atoms with Crippen LogP contribution in [0.4, 0.5) is 4.39 Å². The largest absolute Gasteiger partial charge is 0.256 e. The number of nitriles is 2. The molecule has 1 aliphatic rings. The highest BCUT2D eigenvalue weighted by Crippen LogP contribution is 2.46. The van der Waals surface area contributed by atoms with Crippen LogP contribution in [0.3, 0.4) is 0 Å². The first-order valence-corrected chi connectivity index (χ1v) is 7.64. The number of fused-ring (bicyclic) bond motifs is 3. The monoisotopic (exact) mass is 323 g/mol. The Kier molecular flexibility index (Phi) is 3.38. The van der Waals surface area contributed by atoms with Crippen LogP contribution in [0.1, 0.15) is 22.3 Å². The van der Waals surface area contributed by atoms with Crippen LogP contribution in [-0.4, -0.2) is 4.98 Å². The standard InChI is InChI=1S/C21H10FN3/c22-19-8-7-13(11-23)10-17(19)18(12-24)20-14-4-1-2-5-15(14)21-16(20)6-3-9-25-21/h1-10H/b20-18-. The highest BCUT2D eigenvalue weighted by molar-refractivity contribution is 6.12. The number of pyridine rings is 1. The van der Waals surface area contributed by atoms with Crippen molar-refractivity contribution in [3.63, 3.8) is 0 Å². The van der Waals surface area contributed by atoms with Gasteiger partial charge >= 0.3 is 0 Å². The number of hydrogen-bond acceptors (Lipinski definition) is 3. The molecule has 0 bridgehead atoms. The predicted octanol–water partition coefficient (Wildman–Crippen LogP) is 4.56. The molecule has 2 aromatic carbocycles. The Labute approximate surface area is 143 Å². The van der Waals surface area contributed by atoms with Crippen molar-refractivity contribution in [2.24, 2.45) is 0 Å². The molecule has 0 unspecified atom stereocenters. The zero-order valence-corrected chi connectivity index (χ0v) is 13.0. The minimum absolute atomic E-state index is 0.128. The second-order valence-electron chi connectivity index (χ2n) is 5.61. The lowest BCUT2D eigenvalue weighted by atomic mass is 9.93. The molecule has 1 heterocycles. The van der Waals surface area contributed by atoms with E-state index in [9.17, 15) is 9.65 Å². The average molecular weight is 323 g/mol. The van der Waals surface area contributed by atoms with E-state index < -0.39 is 5.82 Å². The zero-order chi connectivity index (χ0) is 17.4. The minimum Gasteiger partial charge on any atom is -0.256 e. The summed E-state index contributed by atoms with van der Waals surface area (Å²) < 4.78 is 14.4. The molecule has 3 nitrogen and oxygen atoms in total. The Balaban J connectivity index is 2.11. The molecule has 0 radical (unpaired) electrons. The average Bonchev–Trinajstić information content (AvgIpc) is 2.99. The Bertz CT molecular complexity index is 1080. The molecule has 0 saturated carbocycles. The fourth-order valence-electron chi connectivity index (χ4n) is 3.18. The highest BCUT2D eigenvalue weighted by atomic mass is 19.1. The van der Waals surface area contributed by atoms with Gasteiger partial charge in [0.25, 0.3) is 0 Å². The van der Waals surface area contributed by atoms with E-state index in [1.54, 1.807) is 12.3 Å². The number of nitrogens with zero attached hydrogens (tertiary/aromatic N) is 3. The Morgan fingerprint density at radius 1 is 0.920 bits per heavy atom. The van der Waals surface area contributed by atoms with Crippen molar-refractivity contribution < 1.29 is 4.39 Å². The van der Waals surface area contributed by atoms with Gasteiger partial charge in [-0.05, 0) is 29.8 Å². The van der Waals surface area contributed by atoms with Crippen LogP contribution in [-0.2, 0) is 0 Å². The molecular weight excluding hydrogens is 313 g/mol. The molecule has 3 aromatic rings. The number of hydrogen-bond donors (Lipinski definition) is 0. The van der Waals surface area contributed by atoms with Crippen LogP contribution >= 0.6 is 0 Å². The molecule has 0 atom stereocenters. The van der Waals surface area contributed by atoms with Crippen LogP contribution in [0.5, 0.6) is 0 Å². The maximum absolute atomic E-state index is 14.4. The number of benzene rings is 2. The summed E-state index contributed by atoms with van der Waals surface area (Å²) in [4.78, 5) is 4.43. The summed E-state index contributed by atoms with van der Waals surface area (Å²) in [6, 6.07) is 19.4. The molecule has 116 valence electrons. The minimum atomic E-state index is -0.530. The molecule has 0 spiro atoms. The van der Waals surface area contributed by atoms with Gasteiger partial charge in [-0.1, -0.05) is 30.3 Å². The maximum Gasteiger partial charge on any atom is 0.131 e. The first kappa shape index (κ1) is 14.8. The second-order valence-corrected chi connectivity index (χ2v) is 5.61. The summed E-state index contributed by atoms with van der Waals surface area (Å²) in [6.07, 6.45) is 1.70. The SMILES string of the molecule is N#C/C(=C1\c2ccccc2-c2ncccc21)c1cc(C#N)ccc1F. The van der Waals surface area contributed by atoms with E-state index in [1.807, 2.05) is 36.4 Å². The van der Waals surface area contributed by atoms with E-state index >= 15 is 0 Å². The van der Waals surface area contributed by atoms with E-state index in [1.165, 1.54) is 18.2 Å². The second kappa shape index (κ2) is 5.70. The Hall–Kier alpha value is -3.76. The quantitative estimate of drug-likeness (QED) is 0.483. The van der Waals surface area contributed by atoms with Gasteiger partial charge in [-0.2, -0.15) is 10.5 Å². The van der Waals surface area contributed by atoms with Crippen molar-refractivity contribution in [1.29, 1.82) is 10.5 Å². The molecule has 0 amide bonds. The van der Waals surface area contributed by atoms with Crippen molar-refractivity contribution in [3.05, 3.63) is 88.9 Å². The van der Waals surface area contributed by atoms with Crippen LogP contribution < -0.4 is 0 Å². The van der Waals surface area contributed by atoms with Crippen LogP contribution in [0, 0.1) is 28.5 Å². The van der Waals surface area contributed by atoms with Crippen LogP contribution in [0.2, 0.25) is 0 Å². The van der Waals surface area contributed by atoms with Crippen molar-refractivity contribution in [2.45, 2.75) is 0 Å². The lowest BCUT2D eigenvalue weighted by Gasteiger charge is -2.09. The predicted molar refractivity (Wildman–Crippen MR) is 92.3 cm³/mol. The summed E-state index contributed by atoms with van der Waals surface area (Å²) >= 11 is 0. The lowest BCUT2D eigenvalue weighted by molar-refractivity contribution is 0.624. The summed E-state index contributed by atoms with van der Waals surface area (Å²) in [5, 5.41) is 18.9. The Morgan fingerprint density at radius 3 is 2.44 bits per heavy atom. The molecule has 4 rings (SSSR count). The van der Waals surface area contributed by atoms with Gasteiger partial charge in [-0.3, -0.25) is 4.98 Å². The van der Waals surface area contributed by atoms with Crippen LogP contribution in [0.25, 0.3) is 22.4 Å². The van der Waals surface area contributed by atoms with Gasteiger partial charge in [-0.25, -0.2) is 4.39 Å². The number of rotatable bonds is 1. The van der Waals surface area contributed by atoms with Gasteiger partial charge in [0.2, 0.25) is 0 Å². The van der Waals surface area contributed by atoms with E-state index in [4.69, 9.17) is 5.26 Å². The number of allylic oxidation sites excluding steroid dienone is 1. The summed E-state index contributed by atoms with van der Waals surface area (Å²) in [6.45, 7) is 0. The first-order chi connectivity index (χ1) is 12.2. The summed E-state index contributed by atoms with van der Waals surface area (Å²) in [5.74, 6) is -0.530. The molecule has 25 heavy (non-hydrogen) atoms. The van der Waals surface area contributed by atoms with E-state index in [2.05, 4.69) is 11.1 Å². The third kappa shape index (κ3) is 2.21.